The first-order valence-electron chi connectivity index (χ1n) is 12.4. The van der Waals surface area contributed by atoms with Gasteiger partial charge in [0.05, 0.1) is 0 Å². The summed E-state index contributed by atoms with van der Waals surface area (Å²) in [6.45, 7) is 4.66. The van der Waals surface area contributed by atoms with Gasteiger partial charge >= 0.3 is 0 Å². The monoisotopic (exact) mass is 517 g/mol. The van der Waals surface area contributed by atoms with Crippen molar-refractivity contribution >= 4 is 34.3 Å². The molecule has 0 atom stereocenters. The molecule has 1 N–H and O–H groups in total. The lowest BCUT2D eigenvalue weighted by Crippen LogP contribution is -2.47. The van der Waals surface area contributed by atoms with Crippen molar-refractivity contribution in [1.82, 2.24) is 14.8 Å². The van der Waals surface area contributed by atoms with Crippen molar-refractivity contribution in [3.63, 3.8) is 0 Å². The molecule has 0 radical (unpaired) electrons. The second kappa shape index (κ2) is 12.5. The smallest absolute Gasteiger partial charge is 0.261 e. The molecule has 0 saturated heterocycles. The molecule has 37 heavy (non-hydrogen) atoms. The predicted molar refractivity (Wildman–Crippen MR) is 148 cm³/mol. The topological polar surface area (TPSA) is 65.6 Å². The van der Waals surface area contributed by atoms with E-state index in [1.807, 2.05) is 73.5 Å². The molecule has 3 aromatic carbocycles. The van der Waals surface area contributed by atoms with Crippen LogP contribution in [0.1, 0.15) is 25.0 Å². The Labute approximate surface area is 222 Å². The van der Waals surface area contributed by atoms with Crippen LogP contribution in [-0.4, -0.2) is 52.3 Å². The van der Waals surface area contributed by atoms with E-state index in [9.17, 15) is 9.59 Å². The zero-order valence-corrected chi connectivity index (χ0v) is 21.9. The van der Waals surface area contributed by atoms with Crippen LogP contribution in [-0.2, 0) is 22.6 Å². The third kappa shape index (κ3) is 7.14. The van der Waals surface area contributed by atoms with E-state index in [2.05, 4.69) is 11.1 Å². The van der Waals surface area contributed by atoms with Crippen LogP contribution in [0.4, 0.5) is 0 Å². The average Bonchev–Trinajstić information content (AvgIpc) is 3.32. The van der Waals surface area contributed by atoms with Crippen LogP contribution in [0.5, 0.6) is 5.75 Å². The SMILES string of the molecule is CC(C)N(CC(=O)N(CCc1c[nH]c2ccccc12)Cc1ccccc1)C(=O)COc1ccc(Cl)cc1. The molecule has 192 valence electrons. The van der Waals surface area contributed by atoms with Crippen LogP contribution in [0.25, 0.3) is 10.9 Å². The first kappa shape index (κ1) is 26.3. The third-order valence-corrected chi connectivity index (χ3v) is 6.57. The normalized spacial score (nSPS) is 11.0. The third-order valence-electron chi connectivity index (χ3n) is 6.32. The molecular weight excluding hydrogens is 486 g/mol. The Hall–Kier alpha value is -3.77. The van der Waals surface area contributed by atoms with Crippen LogP contribution in [0, 0.1) is 0 Å². The standard InChI is InChI=1S/C30H32ClN3O3/c1-22(2)34(30(36)21-37-26-14-12-25(31)13-15-26)20-29(35)33(19-23-8-4-3-5-9-23)17-16-24-18-32-28-11-7-6-10-27(24)28/h3-15,18,22,32H,16-17,19-21H2,1-2H3. The molecule has 6 nitrogen and oxygen atoms in total. The molecule has 0 unspecified atom stereocenters. The summed E-state index contributed by atoms with van der Waals surface area (Å²) < 4.78 is 5.65. The van der Waals surface area contributed by atoms with E-state index in [0.29, 0.717) is 30.3 Å². The number of aromatic nitrogens is 1. The number of hydrogen-bond acceptors (Lipinski definition) is 3. The van der Waals surface area contributed by atoms with Gasteiger partial charge in [-0.1, -0.05) is 60.1 Å². The quantitative estimate of drug-likeness (QED) is 0.277. The van der Waals surface area contributed by atoms with Gasteiger partial charge in [0.2, 0.25) is 5.91 Å². The van der Waals surface area contributed by atoms with E-state index in [4.69, 9.17) is 16.3 Å². The van der Waals surface area contributed by atoms with Crippen molar-refractivity contribution in [2.75, 3.05) is 19.7 Å². The second-order valence-electron chi connectivity index (χ2n) is 9.27. The van der Waals surface area contributed by atoms with Crippen LogP contribution in [0.2, 0.25) is 5.02 Å². The maximum atomic E-state index is 13.6. The van der Waals surface area contributed by atoms with Crippen molar-refractivity contribution in [1.29, 1.82) is 0 Å². The van der Waals surface area contributed by atoms with Crippen molar-refractivity contribution in [2.24, 2.45) is 0 Å². The van der Waals surface area contributed by atoms with Gasteiger partial charge in [-0.05, 0) is 61.7 Å². The number of aromatic amines is 1. The molecule has 0 aliphatic carbocycles. The summed E-state index contributed by atoms with van der Waals surface area (Å²) in [5, 5.41) is 1.76. The highest BCUT2D eigenvalue weighted by Gasteiger charge is 2.24. The van der Waals surface area contributed by atoms with Gasteiger partial charge in [0.15, 0.2) is 6.61 Å². The number of carbonyl (C=O) groups excluding carboxylic acids is 2. The molecule has 0 aliphatic heterocycles. The molecule has 0 bridgehead atoms. The summed E-state index contributed by atoms with van der Waals surface area (Å²) in [6, 6.07) is 24.8. The second-order valence-corrected chi connectivity index (χ2v) is 9.70. The van der Waals surface area contributed by atoms with Crippen LogP contribution in [0.3, 0.4) is 0 Å². The molecule has 4 aromatic rings. The number of nitrogens with one attached hydrogen (secondary N) is 1. The highest BCUT2D eigenvalue weighted by Crippen LogP contribution is 2.19. The number of hydrogen-bond donors (Lipinski definition) is 1. The van der Waals surface area contributed by atoms with Gasteiger partial charge in [-0.25, -0.2) is 0 Å². The molecule has 4 rings (SSSR count). The minimum absolute atomic E-state index is 0.0127. The first-order valence-corrected chi connectivity index (χ1v) is 12.8. The van der Waals surface area contributed by atoms with Crippen LogP contribution >= 0.6 is 11.6 Å². The number of para-hydroxylation sites is 1. The first-order chi connectivity index (χ1) is 17.9. The number of halogens is 1. The predicted octanol–water partition coefficient (Wildman–Crippen LogP) is 5.71. The van der Waals surface area contributed by atoms with Crippen LogP contribution in [0.15, 0.2) is 85.1 Å². The van der Waals surface area contributed by atoms with Gasteiger partial charge in [-0.2, -0.15) is 0 Å². The van der Waals surface area contributed by atoms with Crippen molar-refractivity contribution in [3.8, 4) is 5.75 Å². The van der Waals surface area contributed by atoms with E-state index < -0.39 is 0 Å². The summed E-state index contributed by atoms with van der Waals surface area (Å²) in [5.74, 6) is 0.212. The number of nitrogens with zero attached hydrogens (tertiary/aromatic N) is 2. The summed E-state index contributed by atoms with van der Waals surface area (Å²) >= 11 is 5.92. The van der Waals surface area contributed by atoms with Gasteiger partial charge in [0.25, 0.3) is 5.91 Å². The van der Waals surface area contributed by atoms with Gasteiger partial charge in [0.1, 0.15) is 12.3 Å². The van der Waals surface area contributed by atoms with E-state index in [1.54, 1.807) is 29.2 Å². The maximum Gasteiger partial charge on any atom is 0.261 e. The van der Waals surface area contributed by atoms with Crippen molar-refractivity contribution < 1.29 is 14.3 Å². The Bertz CT molecular complexity index is 1320. The average molecular weight is 518 g/mol. The van der Waals surface area contributed by atoms with E-state index in [0.717, 1.165) is 22.0 Å². The zero-order chi connectivity index (χ0) is 26.2. The van der Waals surface area contributed by atoms with Crippen molar-refractivity contribution in [2.45, 2.75) is 32.9 Å². The Morgan fingerprint density at radius 3 is 2.35 bits per heavy atom. The molecule has 0 spiro atoms. The molecular formula is C30H32ClN3O3. The largest absolute Gasteiger partial charge is 0.484 e. The molecule has 0 aliphatic rings. The molecule has 1 aromatic heterocycles. The molecule has 2 amide bonds. The maximum absolute atomic E-state index is 13.6. The molecule has 1 heterocycles. The van der Waals surface area contributed by atoms with E-state index >= 15 is 0 Å². The minimum Gasteiger partial charge on any atom is -0.484 e. The van der Waals surface area contributed by atoms with Gasteiger partial charge < -0.3 is 19.5 Å². The van der Waals surface area contributed by atoms with Gasteiger partial charge in [0, 0.05) is 41.3 Å². The number of carbonyl (C=O) groups is 2. The summed E-state index contributed by atoms with van der Waals surface area (Å²) in [4.78, 5) is 33.3. The Kier molecular flexibility index (Phi) is 8.86. The number of H-pyrrole nitrogens is 1. The summed E-state index contributed by atoms with van der Waals surface area (Å²) in [6.07, 6.45) is 2.71. The van der Waals surface area contributed by atoms with Crippen molar-refractivity contribution in [3.05, 3.63) is 101 Å². The fourth-order valence-electron chi connectivity index (χ4n) is 4.25. The van der Waals surface area contributed by atoms with Crippen LogP contribution < -0.4 is 4.74 Å². The lowest BCUT2D eigenvalue weighted by atomic mass is 10.1. The highest BCUT2D eigenvalue weighted by molar-refractivity contribution is 6.30. The van der Waals surface area contributed by atoms with E-state index in [-0.39, 0.29) is 31.0 Å². The van der Waals surface area contributed by atoms with Gasteiger partial charge in [-0.3, -0.25) is 9.59 Å². The van der Waals surface area contributed by atoms with E-state index in [1.165, 1.54) is 0 Å². The number of ether oxygens (including phenoxy) is 1. The fourth-order valence-corrected chi connectivity index (χ4v) is 4.38. The fraction of sp³-hybridized carbons (Fsp3) is 0.267. The molecule has 7 heteroatoms. The summed E-state index contributed by atoms with van der Waals surface area (Å²) in [5.41, 5.74) is 3.29. The number of benzene rings is 3. The molecule has 0 saturated carbocycles. The molecule has 0 fully saturated rings. The Balaban J connectivity index is 1.45. The Morgan fingerprint density at radius 1 is 0.919 bits per heavy atom. The lowest BCUT2D eigenvalue weighted by molar-refractivity contribution is -0.143. The zero-order valence-electron chi connectivity index (χ0n) is 21.2. The number of fused-ring (bicyclic) bond motifs is 1. The number of rotatable bonds is 11. The minimum atomic E-state index is -0.241. The lowest BCUT2D eigenvalue weighted by Gasteiger charge is -2.30. The Morgan fingerprint density at radius 2 is 1.62 bits per heavy atom. The van der Waals surface area contributed by atoms with Gasteiger partial charge in [-0.15, -0.1) is 0 Å². The number of amides is 2. The highest BCUT2D eigenvalue weighted by atomic mass is 35.5. The summed E-state index contributed by atoms with van der Waals surface area (Å²) in [7, 11) is 0.